The van der Waals surface area contributed by atoms with Gasteiger partial charge in [0.1, 0.15) is 12.0 Å². The summed E-state index contributed by atoms with van der Waals surface area (Å²) in [6.07, 6.45) is 4.99. The Bertz CT molecular complexity index is 555. The first-order valence-electron chi connectivity index (χ1n) is 7.16. The molecule has 7 heteroatoms. The number of hydrogen-bond acceptors (Lipinski definition) is 5. The molecule has 1 aromatic heterocycles. The highest BCUT2D eigenvalue weighted by Crippen LogP contribution is 2.31. The topological polar surface area (TPSA) is 97.2 Å². The molecule has 0 unspecified atom stereocenters. The van der Waals surface area contributed by atoms with Crippen molar-refractivity contribution in [3.8, 4) is 0 Å². The Hall–Kier alpha value is -2.18. The van der Waals surface area contributed by atoms with Crippen LogP contribution in [0.2, 0.25) is 0 Å². The number of nitrogens with zero attached hydrogens (tertiary/aromatic N) is 2. The number of aromatic nitrogens is 1. The monoisotopic (exact) mass is 292 g/mol. The van der Waals surface area contributed by atoms with Crippen LogP contribution in [-0.2, 0) is 0 Å². The summed E-state index contributed by atoms with van der Waals surface area (Å²) in [6, 6.07) is 1.28. The van der Waals surface area contributed by atoms with Gasteiger partial charge in [-0.3, -0.25) is 14.9 Å². The minimum absolute atomic E-state index is 0.180. The standard InChI is InChI=1S/C14H20N4O3/c1-3-7-15-12-11(8-10(9-16-12)18(20)21)13(19)17-14(2)5-4-6-14/h8-9H,3-7H2,1-2H3,(H,15,16)(H,17,19). The van der Waals surface area contributed by atoms with Gasteiger partial charge in [-0.15, -0.1) is 0 Å². The molecular weight excluding hydrogens is 272 g/mol. The van der Waals surface area contributed by atoms with E-state index in [1.54, 1.807) is 0 Å². The first kappa shape index (κ1) is 15.2. The van der Waals surface area contributed by atoms with Crippen LogP contribution >= 0.6 is 0 Å². The second-order valence-corrected chi connectivity index (χ2v) is 5.64. The van der Waals surface area contributed by atoms with Crippen LogP contribution in [-0.4, -0.2) is 27.9 Å². The van der Waals surface area contributed by atoms with Gasteiger partial charge in [-0.05, 0) is 32.6 Å². The molecule has 1 aliphatic carbocycles. The Labute approximate surface area is 123 Å². The summed E-state index contributed by atoms with van der Waals surface area (Å²) in [4.78, 5) is 26.7. The zero-order valence-corrected chi connectivity index (χ0v) is 12.3. The molecule has 0 atom stereocenters. The maximum absolute atomic E-state index is 12.4. The second kappa shape index (κ2) is 6.07. The predicted molar refractivity (Wildman–Crippen MR) is 79.4 cm³/mol. The number of carbonyl (C=O) groups excluding carboxylic acids is 1. The Morgan fingerprint density at radius 3 is 2.76 bits per heavy atom. The molecular formula is C14H20N4O3. The van der Waals surface area contributed by atoms with E-state index in [9.17, 15) is 14.9 Å². The van der Waals surface area contributed by atoms with Gasteiger partial charge in [-0.2, -0.15) is 0 Å². The van der Waals surface area contributed by atoms with Gasteiger partial charge in [0.15, 0.2) is 0 Å². The van der Waals surface area contributed by atoms with E-state index in [0.717, 1.165) is 25.7 Å². The quantitative estimate of drug-likeness (QED) is 0.620. The zero-order valence-electron chi connectivity index (χ0n) is 12.3. The number of carbonyl (C=O) groups is 1. The number of nitro groups is 1. The van der Waals surface area contributed by atoms with E-state index in [-0.39, 0.29) is 22.7 Å². The maximum atomic E-state index is 12.4. The molecule has 7 nitrogen and oxygen atoms in total. The summed E-state index contributed by atoms with van der Waals surface area (Å²) in [5.41, 5.74) is -0.157. The van der Waals surface area contributed by atoms with Gasteiger partial charge in [0, 0.05) is 18.2 Å². The zero-order chi connectivity index (χ0) is 15.5. The Balaban J connectivity index is 2.25. The van der Waals surface area contributed by atoms with Crippen molar-refractivity contribution >= 4 is 17.4 Å². The van der Waals surface area contributed by atoms with Crippen molar-refractivity contribution in [2.24, 2.45) is 0 Å². The number of amides is 1. The Kier molecular flexibility index (Phi) is 4.40. The highest BCUT2D eigenvalue weighted by molar-refractivity contribution is 5.99. The lowest BCUT2D eigenvalue weighted by Crippen LogP contribution is -2.51. The summed E-state index contributed by atoms with van der Waals surface area (Å²) < 4.78 is 0. The molecule has 0 saturated heterocycles. The van der Waals surface area contributed by atoms with E-state index in [1.165, 1.54) is 12.3 Å². The fraction of sp³-hybridized carbons (Fsp3) is 0.571. The highest BCUT2D eigenvalue weighted by Gasteiger charge is 2.34. The van der Waals surface area contributed by atoms with Gasteiger partial charge in [0.05, 0.1) is 10.5 Å². The van der Waals surface area contributed by atoms with Crippen molar-refractivity contribution in [2.75, 3.05) is 11.9 Å². The van der Waals surface area contributed by atoms with Crippen LogP contribution in [0.15, 0.2) is 12.3 Å². The van der Waals surface area contributed by atoms with Crippen molar-refractivity contribution in [3.63, 3.8) is 0 Å². The average molecular weight is 292 g/mol. The average Bonchev–Trinajstić information content (AvgIpc) is 2.43. The van der Waals surface area contributed by atoms with Gasteiger partial charge in [-0.25, -0.2) is 4.98 Å². The van der Waals surface area contributed by atoms with Gasteiger partial charge in [0.2, 0.25) is 0 Å². The molecule has 0 aliphatic heterocycles. The molecule has 1 heterocycles. The Morgan fingerprint density at radius 2 is 2.24 bits per heavy atom. The van der Waals surface area contributed by atoms with Crippen LogP contribution in [0, 0.1) is 10.1 Å². The third-order valence-electron chi connectivity index (χ3n) is 3.74. The molecule has 114 valence electrons. The summed E-state index contributed by atoms with van der Waals surface area (Å²) in [6.45, 7) is 4.63. The van der Waals surface area contributed by atoms with Crippen molar-refractivity contribution in [2.45, 2.75) is 45.1 Å². The van der Waals surface area contributed by atoms with Crippen molar-refractivity contribution in [1.29, 1.82) is 0 Å². The summed E-state index contributed by atoms with van der Waals surface area (Å²) in [5, 5.41) is 16.9. The molecule has 0 spiro atoms. The normalized spacial score (nSPS) is 15.9. The Morgan fingerprint density at radius 1 is 1.52 bits per heavy atom. The third kappa shape index (κ3) is 3.48. The fourth-order valence-electron chi connectivity index (χ4n) is 2.28. The molecule has 1 saturated carbocycles. The molecule has 0 bridgehead atoms. The number of hydrogen-bond donors (Lipinski definition) is 2. The SMILES string of the molecule is CCCNc1ncc([N+](=O)[O-])cc1C(=O)NC1(C)CCC1. The molecule has 1 amide bonds. The van der Waals surface area contributed by atoms with Gasteiger partial charge in [0.25, 0.3) is 11.6 Å². The minimum atomic E-state index is -0.543. The number of pyridine rings is 1. The minimum Gasteiger partial charge on any atom is -0.369 e. The number of anilines is 1. The van der Waals surface area contributed by atoms with Crippen LogP contribution in [0.25, 0.3) is 0 Å². The lowest BCUT2D eigenvalue weighted by atomic mass is 9.78. The fourth-order valence-corrected chi connectivity index (χ4v) is 2.28. The maximum Gasteiger partial charge on any atom is 0.288 e. The van der Waals surface area contributed by atoms with Crippen molar-refractivity contribution in [3.05, 3.63) is 27.9 Å². The van der Waals surface area contributed by atoms with Crippen LogP contribution in [0.3, 0.4) is 0 Å². The summed E-state index contributed by atoms with van der Waals surface area (Å²) in [7, 11) is 0. The number of nitrogens with one attached hydrogen (secondary N) is 2. The molecule has 1 aliphatic rings. The smallest absolute Gasteiger partial charge is 0.288 e. The third-order valence-corrected chi connectivity index (χ3v) is 3.74. The van der Waals surface area contributed by atoms with Gasteiger partial charge >= 0.3 is 0 Å². The lowest BCUT2D eigenvalue weighted by Gasteiger charge is -2.39. The first-order valence-corrected chi connectivity index (χ1v) is 7.16. The van der Waals surface area contributed by atoms with E-state index in [1.807, 2.05) is 13.8 Å². The predicted octanol–water partition coefficient (Wildman–Crippen LogP) is 2.48. The van der Waals surface area contributed by atoms with E-state index in [0.29, 0.717) is 12.4 Å². The summed E-state index contributed by atoms with van der Waals surface area (Å²) in [5.74, 6) is 0.0786. The lowest BCUT2D eigenvalue weighted by molar-refractivity contribution is -0.385. The van der Waals surface area contributed by atoms with Crippen LogP contribution in [0.1, 0.15) is 49.9 Å². The first-order chi connectivity index (χ1) is 9.95. The van der Waals surface area contributed by atoms with Crippen LogP contribution in [0.5, 0.6) is 0 Å². The molecule has 2 N–H and O–H groups in total. The van der Waals surface area contributed by atoms with Crippen LogP contribution < -0.4 is 10.6 Å². The van der Waals surface area contributed by atoms with Gasteiger partial charge < -0.3 is 10.6 Å². The molecule has 21 heavy (non-hydrogen) atoms. The second-order valence-electron chi connectivity index (χ2n) is 5.64. The summed E-state index contributed by atoms with van der Waals surface area (Å²) >= 11 is 0. The largest absolute Gasteiger partial charge is 0.369 e. The molecule has 0 radical (unpaired) electrons. The molecule has 1 fully saturated rings. The van der Waals surface area contributed by atoms with Crippen LogP contribution in [0.4, 0.5) is 11.5 Å². The van der Waals surface area contributed by atoms with E-state index in [2.05, 4.69) is 15.6 Å². The number of rotatable bonds is 6. The van der Waals surface area contributed by atoms with E-state index in [4.69, 9.17) is 0 Å². The highest BCUT2D eigenvalue weighted by atomic mass is 16.6. The van der Waals surface area contributed by atoms with E-state index < -0.39 is 4.92 Å². The molecule has 0 aromatic carbocycles. The molecule has 2 rings (SSSR count). The molecule has 1 aromatic rings. The van der Waals surface area contributed by atoms with Crippen molar-refractivity contribution < 1.29 is 9.72 Å². The van der Waals surface area contributed by atoms with Gasteiger partial charge in [-0.1, -0.05) is 6.92 Å². The van der Waals surface area contributed by atoms with E-state index >= 15 is 0 Å². The van der Waals surface area contributed by atoms with Crippen molar-refractivity contribution in [1.82, 2.24) is 10.3 Å².